The number of anilines is 3. The Labute approximate surface area is 245 Å². The third kappa shape index (κ3) is 4.95. The third-order valence-corrected chi connectivity index (χ3v) is 7.48. The highest BCUT2D eigenvalue weighted by molar-refractivity contribution is 5.96. The van der Waals surface area contributed by atoms with Crippen LogP contribution in [0.1, 0.15) is 0 Å². The zero-order valence-corrected chi connectivity index (χ0v) is 23.3. The molecule has 4 aromatic heterocycles. The molecule has 13 heteroatoms. The molecule has 1 aliphatic rings. The number of hydrogen-bond donors (Lipinski definition) is 2. The Morgan fingerprint density at radius 3 is 2.53 bits per heavy atom. The van der Waals surface area contributed by atoms with Gasteiger partial charge in [0.1, 0.15) is 11.1 Å². The Kier molecular flexibility index (Phi) is 6.55. The number of nitrogens with zero attached hydrogens (tertiary/aromatic N) is 8. The number of likely N-dealkylation sites (N-methyl/N-ethyl adjacent to an activating group) is 1. The number of amides is 1. The highest BCUT2D eigenvalue weighted by atomic mass is 16.5. The average Bonchev–Trinajstić information content (AvgIpc) is 3.35. The number of carbonyl (C=O) groups excluding carboxylic acids is 1. The summed E-state index contributed by atoms with van der Waals surface area (Å²) in [6.45, 7) is 3.78. The number of nitrogens with one attached hydrogen (secondary N) is 1. The summed E-state index contributed by atoms with van der Waals surface area (Å²) >= 11 is 0. The Balaban J connectivity index is 1.28. The van der Waals surface area contributed by atoms with Gasteiger partial charge in [-0.05, 0) is 55.6 Å². The molecule has 6 aromatic rings. The number of primary amides is 1. The van der Waals surface area contributed by atoms with Crippen molar-refractivity contribution in [2.75, 3.05) is 50.1 Å². The van der Waals surface area contributed by atoms with Gasteiger partial charge in [-0.1, -0.05) is 6.07 Å². The van der Waals surface area contributed by atoms with E-state index in [2.05, 4.69) is 49.2 Å². The van der Waals surface area contributed by atoms with E-state index in [4.69, 9.17) is 15.5 Å². The fourth-order valence-corrected chi connectivity index (χ4v) is 5.27. The molecule has 0 spiro atoms. The summed E-state index contributed by atoms with van der Waals surface area (Å²) in [5, 5.41) is 4.15. The molecule has 0 aliphatic carbocycles. The van der Waals surface area contributed by atoms with E-state index < -0.39 is 5.91 Å². The van der Waals surface area contributed by atoms with Gasteiger partial charge >= 0.3 is 0 Å². The van der Waals surface area contributed by atoms with Gasteiger partial charge in [0.25, 0.3) is 11.5 Å². The average molecular weight is 577 g/mol. The highest BCUT2D eigenvalue weighted by Crippen LogP contribution is 2.28. The predicted octanol–water partition coefficient (Wildman–Crippen LogP) is 2.34. The summed E-state index contributed by atoms with van der Waals surface area (Å²) in [7, 11) is 2.14. The van der Waals surface area contributed by atoms with Gasteiger partial charge in [0.2, 0.25) is 5.95 Å². The van der Waals surface area contributed by atoms with Crippen LogP contribution >= 0.6 is 0 Å². The minimum absolute atomic E-state index is 0.249. The van der Waals surface area contributed by atoms with Crippen LogP contribution < -0.4 is 26.2 Å². The van der Waals surface area contributed by atoms with Gasteiger partial charge in [-0.15, -0.1) is 0 Å². The number of pyridine rings is 1. The lowest BCUT2D eigenvalue weighted by Crippen LogP contribution is -2.44. The maximum atomic E-state index is 13.9. The number of benzene rings is 2. The highest BCUT2D eigenvalue weighted by Gasteiger charge is 2.20. The summed E-state index contributed by atoms with van der Waals surface area (Å²) in [6, 6.07) is 18.7. The van der Waals surface area contributed by atoms with Crippen LogP contribution in [0.2, 0.25) is 0 Å². The molecule has 7 rings (SSSR count). The molecule has 3 N–H and O–H groups in total. The number of rotatable bonds is 7. The summed E-state index contributed by atoms with van der Waals surface area (Å²) in [5.74, 6) is 0.640. The molecule has 1 aliphatic heterocycles. The van der Waals surface area contributed by atoms with Crippen LogP contribution in [0.25, 0.3) is 33.4 Å². The summed E-state index contributed by atoms with van der Waals surface area (Å²) in [4.78, 5) is 48.2. The normalized spacial score (nSPS) is 14.0. The SMILES string of the molecule is CN1CCN(c2ccc(Nc3ncc4c(=O)n5c(nc4n3)c3ccc(OCC(N)=O)cc3n5-c3ccccn3)cc2)CC1. The van der Waals surface area contributed by atoms with Crippen LogP contribution in [0.3, 0.4) is 0 Å². The topological polar surface area (TPSA) is 149 Å². The van der Waals surface area contributed by atoms with E-state index in [0.29, 0.717) is 34.1 Å². The molecule has 2 aromatic carbocycles. The van der Waals surface area contributed by atoms with Crippen LogP contribution in [-0.4, -0.2) is 79.8 Å². The summed E-state index contributed by atoms with van der Waals surface area (Å²) < 4.78 is 8.64. The van der Waals surface area contributed by atoms with E-state index in [1.54, 1.807) is 41.2 Å². The lowest BCUT2D eigenvalue weighted by atomic mass is 10.2. The number of hydrogen-bond acceptors (Lipinski definition) is 10. The summed E-state index contributed by atoms with van der Waals surface area (Å²) in [5.41, 5.74) is 8.14. The van der Waals surface area contributed by atoms with Gasteiger partial charge in [0.05, 0.1) is 5.52 Å². The molecule has 1 amide bonds. The molecule has 13 nitrogen and oxygen atoms in total. The third-order valence-electron chi connectivity index (χ3n) is 7.48. The molecule has 1 fully saturated rings. The lowest BCUT2D eigenvalue weighted by molar-refractivity contribution is -0.119. The van der Waals surface area contributed by atoms with Crippen LogP contribution in [-0.2, 0) is 4.79 Å². The monoisotopic (exact) mass is 576 g/mol. The molecule has 43 heavy (non-hydrogen) atoms. The van der Waals surface area contributed by atoms with E-state index >= 15 is 0 Å². The lowest BCUT2D eigenvalue weighted by Gasteiger charge is -2.34. The first-order chi connectivity index (χ1) is 20.9. The first-order valence-electron chi connectivity index (χ1n) is 13.8. The minimum atomic E-state index is -0.594. The van der Waals surface area contributed by atoms with Crippen molar-refractivity contribution in [1.29, 1.82) is 0 Å². The van der Waals surface area contributed by atoms with E-state index in [0.717, 1.165) is 31.9 Å². The fourth-order valence-electron chi connectivity index (χ4n) is 5.27. The first kappa shape index (κ1) is 26.3. The zero-order valence-electron chi connectivity index (χ0n) is 23.3. The van der Waals surface area contributed by atoms with Gasteiger partial charge < -0.3 is 25.6 Å². The molecule has 0 radical (unpaired) electrons. The number of carbonyl (C=O) groups is 1. The van der Waals surface area contributed by atoms with Crippen LogP contribution in [0.4, 0.5) is 17.3 Å². The molecule has 216 valence electrons. The second-order valence-corrected chi connectivity index (χ2v) is 10.4. The smallest absolute Gasteiger partial charge is 0.284 e. The fraction of sp³-hybridized carbons (Fsp3) is 0.200. The van der Waals surface area contributed by atoms with Crippen molar-refractivity contribution in [3.8, 4) is 11.6 Å². The van der Waals surface area contributed by atoms with Crippen LogP contribution in [0, 0.1) is 0 Å². The second kappa shape index (κ2) is 10.7. The Morgan fingerprint density at radius 2 is 1.79 bits per heavy atom. The molecule has 1 saturated heterocycles. The molecule has 0 atom stereocenters. The largest absolute Gasteiger partial charge is 0.484 e. The number of piperazine rings is 1. The predicted molar refractivity (Wildman–Crippen MR) is 163 cm³/mol. The maximum absolute atomic E-state index is 13.9. The number of nitrogens with two attached hydrogens (primary N) is 1. The molecule has 0 saturated carbocycles. The van der Waals surface area contributed by atoms with E-state index in [1.165, 1.54) is 16.4 Å². The van der Waals surface area contributed by atoms with Crippen molar-refractivity contribution in [1.82, 2.24) is 34.0 Å². The zero-order chi connectivity index (χ0) is 29.5. The van der Waals surface area contributed by atoms with Gasteiger partial charge in [-0.3, -0.25) is 9.59 Å². The number of fused-ring (bicyclic) bond motifs is 4. The van der Waals surface area contributed by atoms with Gasteiger partial charge in [0.15, 0.2) is 23.7 Å². The van der Waals surface area contributed by atoms with Crippen molar-refractivity contribution in [2.45, 2.75) is 0 Å². The Morgan fingerprint density at radius 1 is 0.977 bits per heavy atom. The van der Waals surface area contributed by atoms with Gasteiger partial charge in [0, 0.05) is 61.4 Å². The molecular formula is C30H28N10O3. The molecule has 0 unspecified atom stereocenters. The summed E-state index contributed by atoms with van der Waals surface area (Å²) in [6.07, 6.45) is 3.12. The number of aromatic nitrogens is 6. The van der Waals surface area contributed by atoms with Crippen molar-refractivity contribution >= 4 is 50.8 Å². The Hall–Kier alpha value is -5.56. The van der Waals surface area contributed by atoms with E-state index in [9.17, 15) is 9.59 Å². The van der Waals surface area contributed by atoms with Gasteiger partial charge in [-0.2, -0.15) is 9.50 Å². The first-order valence-corrected chi connectivity index (χ1v) is 13.8. The second-order valence-electron chi connectivity index (χ2n) is 10.4. The van der Waals surface area contributed by atoms with Crippen LogP contribution in [0.15, 0.2) is 77.9 Å². The number of ether oxygens (including phenoxy) is 1. The Bertz CT molecular complexity index is 2030. The quantitative estimate of drug-likeness (QED) is 0.290. The minimum Gasteiger partial charge on any atom is -0.484 e. The van der Waals surface area contributed by atoms with Crippen molar-refractivity contribution < 1.29 is 9.53 Å². The standard InChI is InChI=1S/C30H28N10O3/c1-37-12-14-38(15-13-37)20-7-5-19(6-8-20)34-30-33-17-23-27(36-30)35-28-22-10-9-21(43-18-25(31)41)16-24(22)39(40(28)29(23)42)26-4-2-3-11-32-26/h2-11,16-17H,12-15,18H2,1H3,(H2,31,41)(H,33,34,36). The van der Waals surface area contributed by atoms with E-state index in [1.807, 2.05) is 18.2 Å². The molecule has 0 bridgehead atoms. The van der Waals surface area contributed by atoms with Crippen LogP contribution in [0.5, 0.6) is 5.75 Å². The van der Waals surface area contributed by atoms with Gasteiger partial charge in [-0.25, -0.2) is 19.6 Å². The molecule has 5 heterocycles. The molecular weight excluding hydrogens is 548 g/mol. The van der Waals surface area contributed by atoms with Crippen molar-refractivity contribution in [2.24, 2.45) is 5.73 Å². The van der Waals surface area contributed by atoms with Crippen molar-refractivity contribution in [3.63, 3.8) is 0 Å². The maximum Gasteiger partial charge on any atom is 0.284 e. The van der Waals surface area contributed by atoms with Crippen molar-refractivity contribution in [3.05, 3.63) is 83.4 Å². The van der Waals surface area contributed by atoms with E-state index in [-0.39, 0.29) is 23.2 Å².